The SMILES string of the molecule is Cc1cccc([N+](=O)[O-])c1C(=O)C1CCCN1C. The second-order valence-electron chi connectivity index (χ2n) is 4.73. The van der Waals surface area contributed by atoms with Crippen LogP contribution >= 0.6 is 0 Å². The van der Waals surface area contributed by atoms with Crippen LogP contribution < -0.4 is 0 Å². The zero-order chi connectivity index (χ0) is 13.3. The van der Waals surface area contributed by atoms with E-state index in [0.717, 1.165) is 19.4 Å². The summed E-state index contributed by atoms with van der Waals surface area (Å²) >= 11 is 0. The molecular weight excluding hydrogens is 232 g/mol. The average Bonchev–Trinajstić information content (AvgIpc) is 2.74. The van der Waals surface area contributed by atoms with Gasteiger partial charge >= 0.3 is 0 Å². The lowest BCUT2D eigenvalue weighted by atomic mass is 9.96. The van der Waals surface area contributed by atoms with Crippen molar-refractivity contribution in [3.8, 4) is 0 Å². The third kappa shape index (κ3) is 2.13. The first kappa shape index (κ1) is 12.7. The van der Waals surface area contributed by atoms with E-state index in [1.807, 2.05) is 11.9 Å². The van der Waals surface area contributed by atoms with Crippen LogP contribution in [0.15, 0.2) is 18.2 Å². The second-order valence-corrected chi connectivity index (χ2v) is 4.73. The molecule has 1 unspecified atom stereocenters. The molecule has 1 aliphatic heterocycles. The average molecular weight is 248 g/mol. The Kier molecular flexibility index (Phi) is 3.43. The number of ketones is 1. The topological polar surface area (TPSA) is 63.5 Å². The third-order valence-electron chi connectivity index (χ3n) is 3.52. The van der Waals surface area contributed by atoms with E-state index in [1.54, 1.807) is 19.1 Å². The highest BCUT2D eigenvalue weighted by atomic mass is 16.6. The van der Waals surface area contributed by atoms with E-state index in [2.05, 4.69) is 0 Å². The minimum atomic E-state index is -0.477. The van der Waals surface area contributed by atoms with Gasteiger partial charge in [0.25, 0.3) is 5.69 Å². The second kappa shape index (κ2) is 4.86. The normalized spacial score (nSPS) is 20.0. The van der Waals surface area contributed by atoms with Crippen molar-refractivity contribution in [3.63, 3.8) is 0 Å². The molecule has 0 N–H and O–H groups in total. The Bertz CT molecular complexity index is 499. The van der Waals surface area contributed by atoms with Gasteiger partial charge in [-0.2, -0.15) is 0 Å². The summed E-state index contributed by atoms with van der Waals surface area (Å²) in [5.41, 5.74) is 0.857. The van der Waals surface area contributed by atoms with Crippen molar-refractivity contribution in [2.75, 3.05) is 13.6 Å². The Morgan fingerprint density at radius 2 is 2.22 bits per heavy atom. The lowest BCUT2D eigenvalue weighted by Gasteiger charge is -2.18. The molecule has 1 aliphatic rings. The van der Waals surface area contributed by atoms with Gasteiger partial charge in [0.1, 0.15) is 0 Å². The molecule has 1 heterocycles. The molecule has 5 heteroatoms. The highest BCUT2D eigenvalue weighted by molar-refractivity contribution is 6.04. The van der Waals surface area contributed by atoms with Crippen LogP contribution in [0, 0.1) is 17.0 Å². The fourth-order valence-electron chi connectivity index (χ4n) is 2.53. The van der Waals surface area contributed by atoms with Crippen LogP contribution in [0.25, 0.3) is 0 Å². The van der Waals surface area contributed by atoms with Crippen molar-refractivity contribution in [1.29, 1.82) is 0 Å². The number of hydrogen-bond acceptors (Lipinski definition) is 4. The van der Waals surface area contributed by atoms with Crippen molar-refractivity contribution in [2.45, 2.75) is 25.8 Å². The molecule has 96 valence electrons. The van der Waals surface area contributed by atoms with Crippen LogP contribution in [0.4, 0.5) is 5.69 Å². The maximum absolute atomic E-state index is 12.5. The molecule has 1 atom stereocenters. The van der Waals surface area contributed by atoms with Gasteiger partial charge in [-0.25, -0.2) is 0 Å². The van der Waals surface area contributed by atoms with Crippen LogP contribution in [-0.4, -0.2) is 35.2 Å². The van der Waals surface area contributed by atoms with Gasteiger partial charge < -0.3 is 0 Å². The lowest BCUT2D eigenvalue weighted by molar-refractivity contribution is -0.385. The van der Waals surface area contributed by atoms with Crippen molar-refractivity contribution in [1.82, 2.24) is 4.90 Å². The van der Waals surface area contributed by atoms with Crippen molar-refractivity contribution >= 4 is 11.5 Å². The van der Waals surface area contributed by atoms with E-state index in [1.165, 1.54) is 6.07 Å². The highest BCUT2D eigenvalue weighted by Crippen LogP contribution is 2.27. The number of likely N-dealkylation sites (N-methyl/N-ethyl adjacent to an activating group) is 1. The van der Waals surface area contributed by atoms with Gasteiger partial charge in [-0.1, -0.05) is 12.1 Å². The summed E-state index contributed by atoms with van der Waals surface area (Å²) in [7, 11) is 1.89. The fraction of sp³-hybridized carbons (Fsp3) is 0.462. The van der Waals surface area contributed by atoms with E-state index in [-0.39, 0.29) is 23.1 Å². The van der Waals surface area contributed by atoms with Gasteiger partial charge in [-0.3, -0.25) is 19.8 Å². The van der Waals surface area contributed by atoms with Crippen LogP contribution in [0.5, 0.6) is 0 Å². The summed E-state index contributed by atoms with van der Waals surface area (Å²) in [6, 6.07) is 4.54. The lowest BCUT2D eigenvalue weighted by Crippen LogP contribution is -2.33. The van der Waals surface area contributed by atoms with Crippen molar-refractivity contribution in [3.05, 3.63) is 39.4 Å². The van der Waals surface area contributed by atoms with E-state index < -0.39 is 4.92 Å². The summed E-state index contributed by atoms with van der Waals surface area (Å²) in [4.78, 5) is 25.0. The van der Waals surface area contributed by atoms with Crippen LogP contribution in [-0.2, 0) is 0 Å². The maximum atomic E-state index is 12.5. The van der Waals surface area contributed by atoms with Gasteiger partial charge in [0.15, 0.2) is 5.78 Å². The molecule has 18 heavy (non-hydrogen) atoms. The van der Waals surface area contributed by atoms with Gasteiger partial charge in [-0.15, -0.1) is 0 Å². The molecule has 0 amide bonds. The van der Waals surface area contributed by atoms with Crippen LogP contribution in [0.2, 0.25) is 0 Å². The summed E-state index contributed by atoms with van der Waals surface area (Å²) in [6.07, 6.45) is 1.74. The number of hydrogen-bond donors (Lipinski definition) is 0. The predicted molar refractivity (Wildman–Crippen MR) is 67.8 cm³/mol. The van der Waals surface area contributed by atoms with Gasteiger partial charge in [0.05, 0.1) is 16.5 Å². The molecule has 1 aromatic carbocycles. The number of aryl methyl sites for hydroxylation is 1. The number of likely N-dealkylation sites (tertiary alicyclic amines) is 1. The third-order valence-corrected chi connectivity index (χ3v) is 3.52. The minimum Gasteiger partial charge on any atom is -0.296 e. The summed E-state index contributed by atoms with van der Waals surface area (Å²) < 4.78 is 0. The number of carbonyl (C=O) groups is 1. The Morgan fingerprint density at radius 3 is 2.78 bits per heavy atom. The van der Waals surface area contributed by atoms with E-state index in [4.69, 9.17) is 0 Å². The Labute approximate surface area is 106 Å². The first-order valence-electron chi connectivity index (χ1n) is 6.01. The maximum Gasteiger partial charge on any atom is 0.280 e. The molecule has 1 aromatic rings. The number of nitro groups is 1. The smallest absolute Gasteiger partial charge is 0.280 e. The van der Waals surface area contributed by atoms with Gasteiger partial charge in [-0.05, 0) is 38.9 Å². The molecule has 0 saturated carbocycles. The fourth-order valence-corrected chi connectivity index (χ4v) is 2.53. The molecular formula is C13H16N2O3. The first-order chi connectivity index (χ1) is 8.52. The number of rotatable bonds is 3. The Balaban J connectivity index is 2.44. The number of Topliss-reactive ketones (excluding diaryl/α,β-unsaturated/α-hetero) is 1. The quantitative estimate of drug-likeness (QED) is 0.467. The largest absolute Gasteiger partial charge is 0.296 e. The van der Waals surface area contributed by atoms with Crippen molar-refractivity contribution in [2.24, 2.45) is 0 Å². The molecule has 5 nitrogen and oxygen atoms in total. The highest BCUT2D eigenvalue weighted by Gasteiger charge is 2.33. The Morgan fingerprint density at radius 1 is 1.50 bits per heavy atom. The molecule has 2 rings (SSSR count). The summed E-state index contributed by atoms with van der Waals surface area (Å²) in [6.45, 7) is 2.62. The monoisotopic (exact) mass is 248 g/mol. The molecule has 0 aromatic heterocycles. The minimum absolute atomic E-state index is 0.0831. The molecule has 0 spiro atoms. The zero-order valence-corrected chi connectivity index (χ0v) is 10.5. The van der Waals surface area contributed by atoms with Gasteiger partial charge in [0.2, 0.25) is 0 Å². The number of carbonyl (C=O) groups excluding carboxylic acids is 1. The van der Waals surface area contributed by atoms with Crippen LogP contribution in [0.3, 0.4) is 0 Å². The molecule has 1 fully saturated rings. The summed E-state index contributed by atoms with van der Waals surface area (Å²) in [5.74, 6) is -0.125. The predicted octanol–water partition coefficient (Wildman–Crippen LogP) is 2.18. The van der Waals surface area contributed by atoms with E-state index in [9.17, 15) is 14.9 Å². The molecule has 1 saturated heterocycles. The number of benzene rings is 1. The zero-order valence-electron chi connectivity index (χ0n) is 10.5. The standard InChI is InChI=1S/C13H16N2O3/c1-9-5-3-6-10(15(17)18)12(9)13(16)11-7-4-8-14(11)2/h3,5-6,11H,4,7-8H2,1-2H3. The number of nitro benzene ring substituents is 1. The number of nitrogens with zero attached hydrogens (tertiary/aromatic N) is 2. The summed E-state index contributed by atoms with van der Waals surface area (Å²) in [5, 5.41) is 11.0. The Hall–Kier alpha value is -1.75. The van der Waals surface area contributed by atoms with Crippen LogP contribution in [0.1, 0.15) is 28.8 Å². The van der Waals surface area contributed by atoms with E-state index in [0.29, 0.717) is 5.56 Å². The molecule has 0 bridgehead atoms. The van der Waals surface area contributed by atoms with E-state index >= 15 is 0 Å². The molecule has 0 radical (unpaired) electrons. The van der Waals surface area contributed by atoms with Gasteiger partial charge in [0, 0.05) is 6.07 Å². The first-order valence-corrected chi connectivity index (χ1v) is 6.01. The van der Waals surface area contributed by atoms with Crippen molar-refractivity contribution < 1.29 is 9.72 Å². The molecule has 0 aliphatic carbocycles.